The molecule has 7 nitrogen and oxygen atoms in total. The van der Waals surface area contributed by atoms with Crippen molar-refractivity contribution in [1.29, 1.82) is 0 Å². The van der Waals surface area contributed by atoms with Gasteiger partial charge in [0.05, 0.1) is 11.7 Å². The van der Waals surface area contributed by atoms with Gasteiger partial charge in [0.1, 0.15) is 27.7 Å². The van der Waals surface area contributed by atoms with Crippen LogP contribution in [0.2, 0.25) is 0 Å². The monoisotopic (exact) mass is 457 g/mol. The number of hydrogen-bond donors (Lipinski definition) is 1. The first-order valence-corrected chi connectivity index (χ1v) is 11.4. The molecule has 0 aliphatic heterocycles. The average molecular weight is 458 g/mol. The van der Waals surface area contributed by atoms with E-state index in [1.54, 1.807) is 13.8 Å². The van der Waals surface area contributed by atoms with E-state index < -0.39 is 29.3 Å². The van der Waals surface area contributed by atoms with Crippen molar-refractivity contribution in [3.63, 3.8) is 0 Å². The second-order valence-corrected chi connectivity index (χ2v) is 9.03. The molecule has 1 unspecified atom stereocenters. The first kappa shape index (κ1) is 22.1. The Morgan fingerprint density at radius 2 is 1.91 bits per heavy atom. The Morgan fingerprint density at radius 1 is 1.22 bits per heavy atom. The number of ether oxygens (including phenoxy) is 1. The summed E-state index contributed by atoms with van der Waals surface area (Å²) in [6.07, 6.45) is 6.21. The fourth-order valence-corrected chi connectivity index (χ4v) is 4.92. The third-order valence-corrected chi connectivity index (χ3v) is 6.98. The standard InChI is InChI=1S/C23H24FN3O4S/c1-13-18-21(32-19(13)23(30)31-17-6-4-3-5-7-17)25-12-27(22(18)29)14(2)20(28)26-16-10-8-15(24)9-11-16/h8-12,14,17H,3-7H2,1-2H3,(H,26,28). The fraction of sp³-hybridized carbons (Fsp3) is 0.391. The summed E-state index contributed by atoms with van der Waals surface area (Å²) in [6, 6.07) is 4.50. The van der Waals surface area contributed by atoms with E-state index in [1.165, 1.54) is 35.2 Å². The largest absolute Gasteiger partial charge is 0.458 e. The smallest absolute Gasteiger partial charge is 0.348 e. The zero-order valence-electron chi connectivity index (χ0n) is 17.9. The second kappa shape index (κ2) is 9.20. The van der Waals surface area contributed by atoms with E-state index >= 15 is 0 Å². The molecule has 1 aliphatic carbocycles. The lowest BCUT2D eigenvalue weighted by Gasteiger charge is -2.21. The maximum absolute atomic E-state index is 13.2. The van der Waals surface area contributed by atoms with Crippen molar-refractivity contribution in [3.8, 4) is 0 Å². The van der Waals surface area contributed by atoms with Crippen LogP contribution in [0.4, 0.5) is 10.1 Å². The van der Waals surface area contributed by atoms with Crippen molar-refractivity contribution in [2.75, 3.05) is 5.32 Å². The molecule has 3 aromatic rings. The van der Waals surface area contributed by atoms with Crippen LogP contribution in [0.15, 0.2) is 35.4 Å². The Hall–Kier alpha value is -3.07. The Labute approximate surface area is 188 Å². The van der Waals surface area contributed by atoms with Crippen molar-refractivity contribution in [2.24, 2.45) is 0 Å². The minimum absolute atomic E-state index is 0.0827. The minimum Gasteiger partial charge on any atom is -0.458 e. The van der Waals surface area contributed by atoms with Gasteiger partial charge >= 0.3 is 5.97 Å². The number of aromatic nitrogens is 2. The molecule has 0 bridgehead atoms. The summed E-state index contributed by atoms with van der Waals surface area (Å²) in [5, 5.41) is 2.98. The number of halogens is 1. The van der Waals surface area contributed by atoms with E-state index in [9.17, 15) is 18.8 Å². The maximum Gasteiger partial charge on any atom is 0.348 e. The molecule has 32 heavy (non-hydrogen) atoms. The SMILES string of the molecule is Cc1c(C(=O)OC2CCCCC2)sc2ncn(C(C)C(=O)Nc3ccc(F)cc3)c(=O)c12. The highest BCUT2D eigenvalue weighted by atomic mass is 32.1. The lowest BCUT2D eigenvalue weighted by atomic mass is 9.98. The van der Waals surface area contributed by atoms with E-state index in [1.807, 2.05) is 0 Å². The van der Waals surface area contributed by atoms with Gasteiger partial charge in [-0.25, -0.2) is 14.2 Å². The third kappa shape index (κ3) is 4.43. The summed E-state index contributed by atoms with van der Waals surface area (Å²) in [5.41, 5.74) is 0.538. The number of nitrogens with zero attached hydrogens (tertiary/aromatic N) is 2. The maximum atomic E-state index is 13.2. The summed E-state index contributed by atoms with van der Waals surface area (Å²) < 4.78 is 20.0. The first-order chi connectivity index (χ1) is 15.3. The van der Waals surface area contributed by atoms with Crippen LogP contribution in [0.3, 0.4) is 0 Å². The summed E-state index contributed by atoms with van der Waals surface area (Å²) in [6.45, 7) is 3.28. The molecule has 1 aromatic carbocycles. The molecule has 2 aromatic heterocycles. The predicted octanol–water partition coefficient (Wildman–Crippen LogP) is 4.59. The Balaban J connectivity index is 1.58. The van der Waals surface area contributed by atoms with Gasteiger partial charge < -0.3 is 10.1 Å². The first-order valence-electron chi connectivity index (χ1n) is 10.6. The molecular weight excluding hydrogens is 433 g/mol. The molecule has 1 aliphatic rings. The molecule has 1 amide bonds. The lowest BCUT2D eigenvalue weighted by Crippen LogP contribution is -2.31. The number of anilines is 1. The number of rotatable bonds is 5. The fourth-order valence-electron chi connectivity index (χ4n) is 3.90. The number of hydrogen-bond acceptors (Lipinski definition) is 6. The number of amides is 1. The minimum atomic E-state index is -0.860. The van der Waals surface area contributed by atoms with Gasteiger partial charge in [-0.05, 0) is 69.4 Å². The quantitative estimate of drug-likeness (QED) is 0.566. The van der Waals surface area contributed by atoms with E-state index in [2.05, 4.69) is 10.3 Å². The van der Waals surface area contributed by atoms with Crippen LogP contribution in [-0.2, 0) is 9.53 Å². The van der Waals surface area contributed by atoms with E-state index in [0.717, 1.165) is 43.4 Å². The number of carbonyl (C=O) groups excluding carboxylic acids is 2. The van der Waals surface area contributed by atoms with Gasteiger partial charge in [0.15, 0.2) is 0 Å². The van der Waals surface area contributed by atoms with Crippen LogP contribution in [-0.4, -0.2) is 27.5 Å². The van der Waals surface area contributed by atoms with Crippen molar-refractivity contribution in [1.82, 2.24) is 9.55 Å². The van der Waals surface area contributed by atoms with Crippen LogP contribution in [0.5, 0.6) is 0 Å². The molecule has 1 N–H and O–H groups in total. The number of fused-ring (bicyclic) bond motifs is 1. The molecule has 168 valence electrons. The lowest BCUT2D eigenvalue weighted by molar-refractivity contribution is -0.118. The van der Waals surface area contributed by atoms with Crippen molar-refractivity contribution in [3.05, 3.63) is 57.2 Å². The van der Waals surface area contributed by atoms with Crippen LogP contribution >= 0.6 is 11.3 Å². The number of carbonyl (C=O) groups is 2. The predicted molar refractivity (Wildman–Crippen MR) is 121 cm³/mol. The molecular formula is C23H24FN3O4S. The highest BCUT2D eigenvalue weighted by Gasteiger charge is 2.26. The summed E-state index contributed by atoms with van der Waals surface area (Å²) in [5.74, 6) is -1.28. The van der Waals surface area contributed by atoms with Gasteiger partial charge in [-0.15, -0.1) is 11.3 Å². The highest BCUT2D eigenvalue weighted by molar-refractivity contribution is 7.20. The molecule has 0 spiro atoms. The zero-order chi connectivity index (χ0) is 22.8. The Bertz CT molecular complexity index is 1210. The van der Waals surface area contributed by atoms with Crippen molar-refractivity contribution < 1.29 is 18.7 Å². The number of benzene rings is 1. The molecule has 1 saturated carbocycles. The Morgan fingerprint density at radius 3 is 2.59 bits per heavy atom. The molecule has 1 fully saturated rings. The molecule has 0 saturated heterocycles. The van der Waals surface area contributed by atoms with Crippen LogP contribution in [0.1, 0.15) is 60.3 Å². The van der Waals surface area contributed by atoms with Gasteiger partial charge in [-0.2, -0.15) is 0 Å². The van der Waals surface area contributed by atoms with E-state index in [-0.39, 0.29) is 6.10 Å². The number of esters is 1. The van der Waals surface area contributed by atoms with Gasteiger partial charge in [0.25, 0.3) is 5.56 Å². The highest BCUT2D eigenvalue weighted by Crippen LogP contribution is 2.29. The topological polar surface area (TPSA) is 90.3 Å². The third-order valence-electron chi connectivity index (χ3n) is 5.80. The molecule has 0 radical (unpaired) electrons. The van der Waals surface area contributed by atoms with Gasteiger partial charge in [0, 0.05) is 5.69 Å². The zero-order valence-corrected chi connectivity index (χ0v) is 18.7. The number of aryl methyl sites for hydroxylation is 1. The van der Waals surface area contributed by atoms with Gasteiger partial charge in [-0.3, -0.25) is 14.2 Å². The Kier molecular flexibility index (Phi) is 6.36. The average Bonchev–Trinajstić information content (AvgIpc) is 3.13. The van der Waals surface area contributed by atoms with Crippen molar-refractivity contribution in [2.45, 2.75) is 58.1 Å². The molecule has 2 heterocycles. The second-order valence-electron chi connectivity index (χ2n) is 8.03. The normalized spacial score (nSPS) is 15.5. The van der Waals surface area contributed by atoms with Gasteiger partial charge in [0.2, 0.25) is 5.91 Å². The number of nitrogens with one attached hydrogen (secondary N) is 1. The van der Waals surface area contributed by atoms with E-state index in [0.29, 0.717) is 26.3 Å². The van der Waals surface area contributed by atoms with Crippen LogP contribution < -0.4 is 10.9 Å². The molecule has 1 atom stereocenters. The summed E-state index contributed by atoms with van der Waals surface area (Å²) in [7, 11) is 0. The van der Waals surface area contributed by atoms with E-state index in [4.69, 9.17) is 4.74 Å². The van der Waals surface area contributed by atoms with Crippen molar-refractivity contribution >= 4 is 39.1 Å². The van der Waals surface area contributed by atoms with Gasteiger partial charge in [-0.1, -0.05) is 6.42 Å². The molecule has 9 heteroatoms. The van der Waals surface area contributed by atoms with Crippen LogP contribution in [0, 0.1) is 12.7 Å². The number of thiophene rings is 1. The summed E-state index contributed by atoms with van der Waals surface area (Å²) in [4.78, 5) is 43.7. The van der Waals surface area contributed by atoms with Crippen LogP contribution in [0.25, 0.3) is 10.2 Å². The molecule has 4 rings (SSSR count). The summed E-state index contributed by atoms with van der Waals surface area (Å²) >= 11 is 1.13.